The van der Waals surface area contributed by atoms with E-state index in [1.165, 1.54) is 16.9 Å². The normalized spacial score (nSPS) is 16.3. The molecule has 0 N–H and O–H groups in total. The summed E-state index contributed by atoms with van der Waals surface area (Å²) in [6.45, 7) is 13.0. The van der Waals surface area contributed by atoms with Gasteiger partial charge in [-0.3, -0.25) is 9.36 Å². The Labute approximate surface area is 150 Å². The summed E-state index contributed by atoms with van der Waals surface area (Å²) in [5, 5.41) is 1.02. The maximum Gasteiger partial charge on any atom is 0.271 e. The molecule has 130 valence electrons. The zero-order chi connectivity index (χ0) is 17.9. The van der Waals surface area contributed by atoms with Gasteiger partial charge in [0.15, 0.2) is 0 Å². The maximum absolute atomic E-state index is 12.9. The molecule has 1 aliphatic heterocycles. The lowest BCUT2D eigenvalue weighted by Crippen LogP contribution is -2.32. The van der Waals surface area contributed by atoms with Gasteiger partial charge in [-0.25, -0.2) is 9.97 Å². The Kier molecular flexibility index (Phi) is 3.60. The number of fused-ring (bicyclic) bond motifs is 5. The van der Waals surface area contributed by atoms with Crippen molar-refractivity contribution in [3.63, 3.8) is 0 Å². The quantitative estimate of drug-likeness (QED) is 0.657. The van der Waals surface area contributed by atoms with Crippen molar-refractivity contribution in [2.24, 2.45) is 0 Å². The zero-order valence-corrected chi connectivity index (χ0v) is 15.8. The van der Waals surface area contributed by atoms with Crippen LogP contribution in [0.15, 0.2) is 23.3 Å². The molecule has 0 bridgehead atoms. The van der Waals surface area contributed by atoms with Gasteiger partial charge in [-0.05, 0) is 33.3 Å². The summed E-state index contributed by atoms with van der Waals surface area (Å²) in [5.41, 5.74) is 4.80. The van der Waals surface area contributed by atoms with Gasteiger partial charge in [0.05, 0.1) is 24.1 Å². The lowest BCUT2D eigenvalue weighted by molar-refractivity contribution is -0.0400. The van der Waals surface area contributed by atoms with E-state index < -0.39 is 0 Å². The molecule has 0 radical (unpaired) electrons. The van der Waals surface area contributed by atoms with E-state index in [0.29, 0.717) is 17.9 Å². The summed E-state index contributed by atoms with van der Waals surface area (Å²) >= 11 is 1.44. The Morgan fingerprint density at radius 2 is 2.20 bits per heavy atom. The zero-order valence-electron chi connectivity index (χ0n) is 15.0. The molecule has 0 aromatic carbocycles. The second kappa shape index (κ2) is 5.47. The van der Waals surface area contributed by atoms with Crippen LogP contribution in [0.1, 0.15) is 37.6 Å². The van der Waals surface area contributed by atoms with E-state index in [1.54, 1.807) is 10.9 Å². The fraction of sp³-hybridized carbons (Fsp3) is 0.421. The highest BCUT2D eigenvalue weighted by Gasteiger charge is 2.30. The van der Waals surface area contributed by atoms with Crippen molar-refractivity contribution in [2.45, 2.75) is 52.9 Å². The third kappa shape index (κ3) is 2.60. The van der Waals surface area contributed by atoms with Crippen LogP contribution in [0.2, 0.25) is 0 Å². The Morgan fingerprint density at radius 1 is 1.44 bits per heavy atom. The SMILES string of the molecule is C=C(C)Cn1cnc2c(sc3nc(C)c4c(c32)CC(C)(C)OC4)c1=O. The molecule has 1 aliphatic rings. The number of nitrogens with zero attached hydrogens (tertiary/aromatic N) is 3. The number of allylic oxidation sites excluding steroid dienone is 1. The maximum atomic E-state index is 12.9. The van der Waals surface area contributed by atoms with Crippen molar-refractivity contribution in [3.05, 3.63) is 45.7 Å². The van der Waals surface area contributed by atoms with Crippen molar-refractivity contribution in [1.82, 2.24) is 14.5 Å². The number of ether oxygens (including phenoxy) is 1. The minimum Gasteiger partial charge on any atom is -0.370 e. The van der Waals surface area contributed by atoms with E-state index in [2.05, 4.69) is 25.4 Å². The molecule has 0 unspecified atom stereocenters. The van der Waals surface area contributed by atoms with E-state index in [-0.39, 0.29) is 11.2 Å². The van der Waals surface area contributed by atoms with Gasteiger partial charge in [0.25, 0.3) is 5.56 Å². The number of pyridine rings is 1. The minimum absolute atomic E-state index is 0.0197. The molecule has 0 spiro atoms. The van der Waals surface area contributed by atoms with Gasteiger partial charge in [-0.15, -0.1) is 11.3 Å². The molecule has 0 fully saturated rings. The summed E-state index contributed by atoms with van der Waals surface area (Å²) in [7, 11) is 0. The Bertz CT molecular complexity index is 1090. The number of rotatable bonds is 2. The molecule has 0 amide bonds. The lowest BCUT2D eigenvalue weighted by Gasteiger charge is -2.32. The summed E-state index contributed by atoms with van der Waals surface area (Å²) in [6.07, 6.45) is 2.42. The van der Waals surface area contributed by atoms with Gasteiger partial charge >= 0.3 is 0 Å². The number of thiophene rings is 1. The monoisotopic (exact) mass is 355 g/mol. The molecule has 4 heterocycles. The van der Waals surface area contributed by atoms with Crippen LogP contribution in [0.4, 0.5) is 0 Å². The number of aryl methyl sites for hydroxylation is 1. The third-order valence-electron chi connectivity index (χ3n) is 4.67. The fourth-order valence-electron chi connectivity index (χ4n) is 3.46. The highest BCUT2D eigenvalue weighted by molar-refractivity contribution is 7.25. The predicted molar refractivity (Wildman–Crippen MR) is 101 cm³/mol. The summed E-state index contributed by atoms with van der Waals surface area (Å²) in [6, 6.07) is 0. The number of hydrogen-bond donors (Lipinski definition) is 0. The van der Waals surface area contributed by atoms with Gasteiger partial charge in [-0.1, -0.05) is 12.2 Å². The van der Waals surface area contributed by atoms with Crippen molar-refractivity contribution >= 4 is 31.8 Å². The van der Waals surface area contributed by atoms with E-state index in [1.807, 2.05) is 13.8 Å². The second-order valence-corrected chi connectivity index (χ2v) is 8.47. The molecule has 3 aromatic rings. The van der Waals surface area contributed by atoms with Gasteiger partial charge in [-0.2, -0.15) is 0 Å². The van der Waals surface area contributed by atoms with Crippen LogP contribution >= 0.6 is 11.3 Å². The highest BCUT2D eigenvalue weighted by Crippen LogP contribution is 2.39. The van der Waals surface area contributed by atoms with Crippen LogP contribution in [-0.4, -0.2) is 20.1 Å². The van der Waals surface area contributed by atoms with E-state index >= 15 is 0 Å². The van der Waals surface area contributed by atoms with Crippen LogP contribution in [-0.2, 0) is 24.3 Å². The molecule has 5 nitrogen and oxygen atoms in total. The van der Waals surface area contributed by atoms with Gasteiger partial charge < -0.3 is 4.74 Å². The van der Waals surface area contributed by atoms with Crippen LogP contribution < -0.4 is 5.56 Å². The summed E-state index contributed by atoms with van der Waals surface area (Å²) < 4.78 is 8.25. The first-order chi connectivity index (χ1) is 11.8. The molecule has 3 aromatic heterocycles. The Balaban J connectivity index is 2.06. The molecular weight excluding hydrogens is 334 g/mol. The smallest absolute Gasteiger partial charge is 0.271 e. The molecule has 0 atom stereocenters. The Morgan fingerprint density at radius 3 is 2.92 bits per heavy atom. The predicted octanol–water partition coefficient (Wildman–Crippen LogP) is 3.74. The van der Waals surface area contributed by atoms with Crippen molar-refractivity contribution in [2.75, 3.05) is 0 Å². The fourth-order valence-corrected chi connectivity index (χ4v) is 4.62. The minimum atomic E-state index is -0.225. The van der Waals surface area contributed by atoms with Crippen molar-refractivity contribution in [3.8, 4) is 0 Å². The second-order valence-electron chi connectivity index (χ2n) is 7.47. The van der Waals surface area contributed by atoms with Crippen molar-refractivity contribution < 1.29 is 4.74 Å². The van der Waals surface area contributed by atoms with Gasteiger partial charge in [0.2, 0.25) is 0 Å². The van der Waals surface area contributed by atoms with E-state index in [9.17, 15) is 4.79 Å². The van der Waals surface area contributed by atoms with Crippen LogP contribution in [0.3, 0.4) is 0 Å². The molecule has 4 rings (SSSR count). The largest absolute Gasteiger partial charge is 0.370 e. The molecular formula is C19H21N3O2S. The average Bonchev–Trinajstić information content (AvgIpc) is 2.88. The molecule has 0 saturated heterocycles. The Hall–Kier alpha value is -2.05. The van der Waals surface area contributed by atoms with Gasteiger partial charge in [0.1, 0.15) is 9.53 Å². The molecule has 25 heavy (non-hydrogen) atoms. The molecule has 0 saturated carbocycles. The van der Waals surface area contributed by atoms with Crippen LogP contribution in [0.25, 0.3) is 20.4 Å². The first-order valence-corrected chi connectivity index (χ1v) is 9.17. The van der Waals surface area contributed by atoms with E-state index in [0.717, 1.165) is 39.0 Å². The average molecular weight is 355 g/mol. The summed E-state index contributed by atoms with van der Waals surface area (Å²) in [4.78, 5) is 23.1. The van der Waals surface area contributed by atoms with Crippen LogP contribution in [0.5, 0.6) is 0 Å². The molecule has 0 aliphatic carbocycles. The van der Waals surface area contributed by atoms with E-state index in [4.69, 9.17) is 9.72 Å². The number of aromatic nitrogens is 3. The highest BCUT2D eigenvalue weighted by atomic mass is 32.1. The first kappa shape index (κ1) is 16.4. The molecule has 6 heteroatoms. The third-order valence-corrected chi connectivity index (χ3v) is 5.73. The standard InChI is InChI=1S/C19H21N3O2S/c1-10(2)7-22-9-20-15-14-12-6-19(4,5)24-8-13(12)11(3)21-17(14)25-16(15)18(22)23/h9H,1,6-8H2,2-5H3. The number of hydrogen-bond acceptors (Lipinski definition) is 5. The van der Waals surface area contributed by atoms with Gasteiger partial charge in [0, 0.05) is 29.6 Å². The van der Waals surface area contributed by atoms with Crippen molar-refractivity contribution in [1.29, 1.82) is 0 Å². The van der Waals surface area contributed by atoms with Crippen LogP contribution in [0, 0.1) is 6.92 Å². The first-order valence-electron chi connectivity index (χ1n) is 8.35. The summed E-state index contributed by atoms with van der Waals surface area (Å²) in [5.74, 6) is 0. The lowest BCUT2D eigenvalue weighted by atomic mass is 9.89. The topological polar surface area (TPSA) is 57.0 Å².